The van der Waals surface area contributed by atoms with Crippen LogP contribution in [0.1, 0.15) is 10.4 Å². The van der Waals surface area contributed by atoms with Gasteiger partial charge in [0, 0.05) is 11.8 Å². The van der Waals surface area contributed by atoms with Crippen molar-refractivity contribution in [3.05, 3.63) is 66.4 Å². The number of rotatable bonds is 1. The molecular formula is C17H12N4O. The Morgan fingerprint density at radius 2 is 1.50 bits per heavy atom. The van der Waals surface area contributed by atoms with E-state index in [1.807, 2.05) is 54.6 Å². The summed E-state index contributed by atoms with van der Waals surface area (Å²) in [5, 5.41) is 6.07. The van der Waals surface area contributed by atoms with E-state index in [0.29, 0.717) is 17.2 Å². The van der Waals surface area contributed by atoms with Gasteiger partial charge in [0.1, 0.15) is 11.4 Å². The van der Waals surface area contributed by atoms with Crippen LogP contribution in [0.5, 0.6) is 0 Å². The predicted molar refractivity (Wildman–Crippen MR) is 85.1 cm³/mol. The number of hydrogen-bond acceptors (Lipinski definition) is 4. The summed E-state index contributed by atoms with van der Waals surface area (Å²) in [6, 6.07) is 17.2. The Kier molecular flexibility index (Phi) is 2.83. The van der Waals surface area contributed by atoms with Crippen LogP contribution in [0.4, 0.5) is 17.2 Å². The first-order chi connectivity index (χ1) is 10.8. The highest BCUT2D eigenvalue weighted by Gasteiger charge is 2.21. The van der Waals surface area contributed by atoms with Gasteiger partial charge in [-0.25, -0.2) is 9.97 Å². The van der Waals surface area contributed by atoms with E-state index in [9.17, 15) is 4.79 Å². The number of nitrogens with zero attached hydrogens (tertiary/aromatic N) is 2. The average Bonchev–Trinajstić information content (AvgIpc) is 2.71. The monoisotopic (exact) mass is 288 g/mol. The minimum Gasteiger partial charge on any atom is -0.338 e. The summed E-state index contributed by atoms with van der Waals surface area (Å²) in [5.41, 5.74) is 2.87. The second kappa shape index (κ2) is 4.96. The van der Waals surface area contributed by atoms with Gasteiger partial charge in [0.05, 0.1) is 11.4 Å². The standard InChI is InChI=1S/C17H12N4O/c22-17-12-10-18-15(11-6-2-1-3-7-11)21-16(12)19-13-8-4-5-9-14(13)20-17/h1-10H,(H,20,22)(H,18,19,21). The van der Waals surface area contributed by atoms with E-state index in [1.165, 1.54) is 0 Å². The Morgan fingerprint density at radius 1 is 0.818 bits per heavy atom. The summed E-state index contributed by atoms with van der Waals surface area (Å²) in [7, 11) is 0. The third-order valence-corrected chi connectivity index (χ3v) is 3.49. The van der Waals surface area contributed by atoms with E-state index in [0.717, 1.165) is 16.9 Å². The fourth-order valence-electron chi connectivity index (χ4n) is 2.39. The van der Waals surface area contributed by atoms with Crippen LogP contribution in [0.25, 0.3) is 11.4 Å². The summed E-state index contributed by atoms with van der Waals surface area (Å²) < 4.78 is 0. The molecule has 0 spiro atoms. The van der Waals surface area contributed by atoms with Crippen LogP contribution in [0.2, 0.25) is 0 Å². The van der Waals surface area contributed by atoms with Crippen molar-refractivity contribution in [3.63, 3.8) is 0 Å². The first-order valence-electron chi connectivity index (χ1n) is 6.91. The molecule has 2 heterocycles. The lowest BCUT2D eigenvalue weighted by atomic mass is 10.2. The van der Waals surface area contributed by atoms with Crippen LogP contribution < -0.4 is 10.6 Å². The van der Waals surface area contributed by atoms with Crippen LogP contribution in [-0.2, 0) is 0 Å². The summed E-state index contributed by atoms with van der Waals surface area (Å²) in [6.45, 7) is 0. The van der Waals surface area contributed by atoms with Crippen molar-refractivity contribution < 1.29 is 4.79 Å². The van der Waals surface area contributed by atoms with Gasteiger partial charge in [-0.15, -0.1) is 0 Å². The summed E-state index contributed by atoms with van der Waals surface area (Å²) in [4.78, 5) is 21.1. The fourth-order valence-corrected chi connectivity index (χ4v) is 2.39. The molecule has 1 aromatic heterocycles. The van der Waals surface area contributed by atoms with Gasteiger partial charge in [-0.05, 0) is 12.1 Å². The molecule has 1 amide bonds. The quantitative estimate of drug-likeness (QED) is 0.719. The molecule has 1 aliphatic rings. The molecule has 0 fully saturated rings. The second-order valence-electron chi connectivity index (χ2n) is 4.95. The molecule has 0 saturated carbocycles. The lowest BCUT2D eigenvalue weighted by molar-refractivity contribution is 0.102. The van der Waals surface area contributed by atoms with Gasteiger partial charge in [0.2, 0.25) is 0 Å². The molecule has 2 N–H and O–H groups in total. The Bertz CT molecular complexity index is 862. The summed E-state index contributed by atoms with van der Waals surface area (Å²) >= 11 is 0. The first-order valence-corrected chi connectivity index (χ1v) is 6.91. The summed E-state index contributed by atoms with van der Waals surface area (Å²) in [6.07, 6.45) is 1.55. The van der Waals surface area contributed by atoms with Crippen molar-refractivity contribution in [1.82, 2.24) is 9.97 Å². The third kappa shape index (κ3) is 2.09. The molecule has 0 bridgehead atoms. The van der Waals surface area contributed by atoms with Crippen molar-refractivity contribution in [2.45, 2.75) is 0 Å². The molecule has 0 atom stereocenters. The van der Waals surface area contributed by atoms with Crippen LogP contribution >= 0.6 is 0 Å². The van der Waals surface area contributed by atoms with E-state index >= 15 is 0 Å². The third-order valence-electron chi connectivity index (χ3n) is 3.49. The van der Waals surface area contributed by atoms with Crippen LogP contribution in [0.3, 0.4) is 0 Å². The molecule has 22 heavy (non-hydrogen) atoms. The maximum Gasteiger partial charge on any atom is 0.261 e. The average molecular weight is 288 g/mol. The molecular weight excluding hydrogens is 276 g/mol. The topological polar surface area (TPSA) is 66.9 Å². The Labute approximate surface area is 127 Å². The number of para-hydroxylation sites is 2. The van der Waals surface area contributed by atoms with Gasteiger partial charge in [-0.1, -0.05) is 42.5 Å². The van der Waals surface area contributed by atoms with Crippen LogP contribution in [0, 0.1) is 0 Å². The zero-order valence-corrected chi connectivity index (χ0v) is 11.6. The minimum atomic E-state index is -0.216. The van der Waals surface area contributed by atoms with Gasteiger partial charge in [0.25, 0.3) is 5.91 Å². The number of benzene rings is 2. The number of hydrogen-bond donors (Lipinski definition) is 2. The van der Waals surface area contributed by atoms with E-state index in [2.05, 4.69) is 20.6 Å². The van der Waals surface area contributed by atoms with Gasteiger partial charge in [-0.3, -0.25) is 4.79 Å². The van der Waals surface area contributed by atoms with E-state index < -0.39 is 0 Å². The molecule has 3 aromatic rings. The Balaban J connectivity index is 1.84. The van der Waals surface area contributed by atoms with E-state index in [1.54, 1.807) is 6.20 Å². The fraction of sp³-hybridized carbons (Fsp3) is 0. The second-order valence-corrected chi connectivity index (χ2v) is 4.95. The van der Waals surface area contributed by atoms with Crippen molar-refractivity contribution in [3.8, 4) is 11.4 Å². The highest BCUT2D eigenvalue weighted by Crippen LogP contribution is 2.31. The molecule has 5 heteroatoms. The highest BCUT2D eigenvalue weighted by molar-refractivity contribution is 6.11. The number of anilines is 3. The van der Waals surface area contributed by atoms with Gasteiger partial charge in [-0.2, -0.15) is 0 Å². The lowest BCUT2D eigenvalue weighted by Crippen LogP contribution is -2.12. The number of carbonyl (C=O) groups is 1. The lowest BCUT2D eigenvalue weighted by Gasteiger charge is -2.08. The molecule has 0 radical (unpaired) electrons. The number of carbonyl (C=O) groups excluding carboxylic acids is 1. The molecule has 5 nitrogen and oxygen atoms in total. The summed E-state index contributed by atoms with van der Waals surface area (Å²) in [5.74, 6) is 0.877. The van der Waals surface area contributed by atoms with Gasteiger partial charge < -0.3 is 10.6 Å². The van der Waals surface area contributed by atoms with Crippen molar-refractivity contribution in [2.24, 2.45) is 0 Å². The molecule has 1 aliphatic heterocycles. The van der Waals surface area contributed by atoms with Crippen molar-refractivity contribution >= 4 is 23.1 Å². The maximum atomic E-state index is 12.3. The molecule has 0 unspecified atom stereocenters. The zero-order valence-electron chi connectivity index (χ0n) is 11.6. The van der Waals surface area contributed by atoms with E-state index in [-0.39, 0.29) is 5.91 Å². The highest BCUT2D eigenvalue weighted by atomic mass is 16.1. The van der Waals surface area contributed by atoms with E-state index in [4.69, 9.17) is 0 Å². The molecule has 2 aromatic carbocycles. The predicted octanol–water partition coefficient (Wildman–Crippen LogP) is 3.45. The molecule has 0 aliphatic carbocycles. The molecule has 0 saturated heterocycles. The minimum absolute atomic E-state index is 0.216. The SMILES string of the molecule is O=C1Nc2ccccc2Nc2nc(-c3ccccc3)ncc21. The largest absolute Gasteiger partial charge is 0.338 e. The number of aromatic nitrogens is 2. The van der Waals surface area contributed by atoms with Crippen LogP contribution in [0.15, 0.2) is 60.8 Å². The Hall–Kier alpha value is -3.21. The number of nitrogens with one attached hydrogen (secondary N) is 2. The molecule has 106 valence electrons. The normalized spacial score (nSPS) is 12.5. The van der Waals surface area contributed by atoms with Crippen molar-refractivity contribution in [1.29, 1.82) is 0 Å². The van der Waals surface area contributed by atoms with Crippen LogP contribution in [-0.4, -0.2) is 15.9 Å². The first kappa shape index (κ1) is 12.5. The molecule has 4 rings (SSSR count). The smallest absolute Gasteiger partial charge is 0.261 e. The number of amides is 1. The zero-order chi connectivity index (χ0) is 14.9. The van der Waals surface area contributed by atoms with Gasteiger partial charge >= 0.3 is 0 Å². The van der Waals surface area contributed by atoms with Gasteiger partial charge in [0.15, 0.2) is 5.82 Å². The number of fused-ring (bicyclic) bond motifs is 2. The Morgan fingerprint density at radius 3 is 2.27 bits per heavy atom. The van der Waals surface area contributed by atoms with Crippen molar-refractivity contribution in [2.75, 3.05) is 10.6 Å². The maximum absolute atomic E-state index is 12.3.